The zero-order chi connectivity index (χ0) is 13.8. The van der Waals surface area contributed by atoms with Crippen molar-refractivity contribution in [3.8, 4) is 0 Å². The molecule has 0 radical (unpaired) electrons. The molecule has 19 heavy (non-hydrogen) atoms. The van der Waals surface area contributed by atoms with E-state index in [2.05, 4.69) is 0 Å². The predicted molar refractivity (Wildman–Crippen MR) is 82.3 cm³/mol. The highest BCUT2D eigenvalue weighted by Crippen LogP contribution is 2.29. The fourth-order valence-electron chi connectivity index (χ4n) is 2.71. The maximum absolute atomic E-state index is 12.3. The van der Waals surface area contributed by atoms with Gasteiger partial charge in [-0.05, 0) is 30.9 Å². The van der Waals surface area contributed by atoms with Gasteiger partial charge in [0, 0.05) is 19.0 Å². The summed E-state index contributed by atoms with van der Waals surface area (Å²) in [6, 6.07) is 7.53. The minimum Gasteiger partial charge on any atom is -0.389 e. The molecule has 0 saturated heterocycles. The Balaban J connectivity index is 2.12. The number of rotatable bonds is 4. The fourth-order valence-corrected chi connectivity index (χ4v) is 2.88. The third kappa shape index (κ3) is 3.32. The van der Waals surface area contributed by atoms with E-state index in [0.717, 1.165) is 11.3 Å². The van der Waals surface area contributed by atoms with Crippen molar-refractivity contribution in [2.75, 3.05) is 11.9 Å². The average molecular weight is 276 g/mol. The quantitative estimate of drug-likeness (QED) is 0.860. The van der Waals surface area contributed by atoms with Crippen molar-refractivity contribution < 1.29 is 4.79 Å². The van der Waals surface area contributed by atoms with Gasteiger partial charge in [-0.2, -0.15) is 0 Å². The molecule has 1 aliphatic rings. The van der Waals surface area contributed by atoms with Crippen LogP contribution in [0.25, 0.3) is 0 Å². The number of benzene rings is 1. The van der Waals surface area contributed by atoms with Crippen LogP contribution in [0.3, 0.4) is 0 Å². The number of hydrogen-bond donors (Lipinski definition) is 1. The number of nitrogens with two attached hydrogens (primary N) is 1. The predicted octanol–water partition coefficient (Wildman–Crippen LogP) is 2.86. The van der Waals surface area contributed by atoms with E-state index in [9.17, 15) is 4.79 Å². The van der Waals surface area contributed by atoms with Crippen LogP contribution in [0.15, 0.2) is 24.3 Å². The molecule has 0 aliphatic heterocycles. The molecule has 0 unspecified atom stereocenters. The van der Waals surface area contributed by atoms with Gasteiger partial charge in [-0.25, -0.2) is 0 Å². The molecule has 0 atom stereocenters. The number of amides is 1. The number of nitrogens with zero attached hydrogens (tertiary/aromatic N) is 1. The Kier molecular flexibility index (Phi) is 4.53. The van der Waals surface area contributed by atoms with Crippen molar-refractivity contribution in [3.05, 3.63) is 29.8 Å². The van der Waals surface area contributed by atoms with Gasteiger partial charge in [0.15, 0.2) is 0 Å². The first-order chi connectivity index (χ1) is 9.09. The first kappa shape index (κ1) is 14.0. The van der Waals surface area contributed by atoms with Crippen molar-refractivity contribution in [1.82, 2.24) is 0 Å². The van der Waals surface area contributed by atoms with Crippen molar-refractivity contribution in [3.63, 3.8) is 0 Å². The number of hydrogen-bond acceptors (Lipinski definition) is 2. The maximum Gasteiger partial charge on any atom is 0.227 e. The molecule has 1 amide bonds. The second-order valence-corrected chi connectivity index (χ2v) is 5.63. The first-order valence-corrected chi connectivity index (χ1v) is 7.16. The highest BCUT2D eigenvalue weighted by molar-refractivity contribution is 7.80. The summed E-state index contributed by atoms with van der Waals surface area (Å²) in [4.78, 5) is 14.3. The standard InChI is InChI=1S/C15H20N2OS/c1-17(14(18)10-11-6-2-3-7-11)13-9-5-4-8-12(13)15(16)19/h4-5,8-9,11H,2-3,6-7,10H2,1H3,(H2,16,19). The third-order valence-corrected chi connectivity index (χ3v) is 4.06. The van der Waals surface area contributed by atoms with Crippen LogP contribution in [0, 0.1) is 5.92 Å². The summed E-state index contributed by atoms with van der Waals surface area (Å²) in [5, 5.41) is 0. The lowest BCUT2D eigenvalue weighted by Crippen LogP contribution is -2.29. The maximum atomic E-state index is 12.3. The summed E-state index contributed by atoms with van der Waals surface area (Å²) in [5.41, 5.74) is 7.28. The van der Waals surface area contributed by atoms with Gasteiger partial charge in [0.2, 0.25) is 5.91 Å². The minimum atomic E-state index is 0.149. The van der Waals surface area contributed by atoms with E-state index in [-0.39, 0.29) is 5.91 Å². The summed E-state index contributed by atoms with van der Waals surface area (Å²) in [6.45, 7) is 0. The lowest BCUT2D eigenvalue weighted by Gasteiger charge is -2.21. The smallest absolute Gasteiger partial charge is 0.227 e. The molecule has 102 valence electrons. The molecule has 2 N–H and O–H groups in total. The summed E-state index contributed by atoms with van der Waals surface area (Å²) in [7, 11) is 1.80. The Morgan fingerprint density at radius 2 is 2.00 bits per heavy atom. The Morgan fingerprint density at radius 3 is 2.63 bits per heavy atom. The van der Waals surface area contributed by atoms with E-state index in [4.69, 9.17) is 18.0 Å². The largest absolute Gasteiger partial charge is 0.389 e. The van der Waals surface area contributed by atoms with Crippen LogP contribution in [0.2, 0.25) is 0 Å². The van der Waals surface area contributed by atoms with Crippen molar-refractivity contribution in [2.45, 2.75) is 32.1 Å². The number of carbonyl (C=O) groups excluding carboxylic acids is 1. The minimum absolute atomic E-state index is 0.149. The molecule has 3 nitrogen and oxygen atoms in total. The molecule has 1 aliphatic carbocycles. The molecular formula is C15H20N2OS. The average Bonchev–Trinajstić information content (AvgIpc) is 2.90. The monoisotopic (exact) mass is 276 g/mol. The zero-order valence-electron chi connectivity index (χ0n) is 11.3. The Morgan fingerprint density at radius 1 is 1.37 bits per heavy atom. The summed E-state index contributed by atoms with van der Waals surface area (Å²) >= 11 is 5.04. The van der Waals surface area contributed by atoms with Gasteiger partial charge in [-0.3, -0.25) is 4.79 Å². The second-order valence-electron chi connectivity index (χ2n) is 5.19. The van der Waals surface area contributed by atoms with Gasteiger partial charge in [0.05, 0.1) is 5.69 Å². The van der Waals surface area contributed by atoms with Crippen molar-refractivity contribution in [1.29, 1.82) is 0 Å². The van der Waals surface area contributed by atoms with Gasteiger partial charge in [0.1, 0.15) is 4.99 Å². The van der Waals surface area contributed by atoms with Gasteiger partial charge in [0.25, 0.3) is 0 Å². The number of para-hydroxylation sites is 1. The van der Waals surface area contributed by atoms with Crippen LogP contribution in [0.4, 0.5) is 5.69 Å². The van der Waals surface area contributed by atoms with Crippen LogP contribution in [0.1, 0.15) is 37.7 Å². The molecule has 0 heterocycles. The molecule has 0 spiro atoms. The first-order valence-electron chi connectivity index (χ1n) is 6.75. The van der Waals surface area contributed by atoms with E-state index in [1.165, 1.54) is 25.7 Å². The molecule has 4 heteroatoms. The van der Waals surface area contributed by atoms with Crippen molar-refractivity contribution >= 4 is 28.8 Å². The van der Waals surface area contributed by atoms with Gasteiger partial charge in [-0.15, -0.1) is 0 Å². The van der Waals surface area contributed by atoms with E-state index in [1.54, 1.807) is 11.9 Å². The molecule has 2 rings (SSSR count). The molecule has 0 bridgehead atoms. The van der Waals surface area contributed by atoms with E-state index in [0.29, 0.717) is 17.3 Å². The van der Waals surface area contributed by atoms with Crippen LogP contribution in [-0.4, -0.2) is 17.9 Å². The summed E-state index contributed by atoms with van der Waals surface area (Å²) in [6.07, 6.45) is 5.49. The van der Waals surface area contributed by atoms with Gasteiger partial charge >= 0.3 is 0 Å². The number of thiocarbonyl (C=S) groups is 1. The highest BCUT2D eigenvalue weighted by atomic mass is 32.1. The normalized spacial score (nSPS) is 15.4. The topological polar surface area (TPSA) is 46.3 Å². The molecule has 1 fully saturated rings. The SMILES string of the molecule is CN(C(=O)CC1CCCC1)c1ccccc1C(N)=S. The Bertz CT molecular complexity index is 481. The van der Waals surface area contributed by atoms with Crippen LogP contribution in [-0.2, 0) is 4.79 Å². The van der Waals surface area contributed by atoms with Gasteiger partial charge in [-0.1, -0.05) is 37.2 Å². The lowest BCUT2D eigenvalue weighted by molar-refractivity contribution is -0.119. The third-order valence-electron chi connectivity index (χ3n) is 3.84. The lowest BCUT2D eigenvalue weighted by atomic mass is 10.0. The molecule has 1 aromatic carbocycles. The molecule has 1 aromatic rings. The Labute approximate surface area is 119 Å². The summed E-state index contributed by atoms with van der Waals surface area (Å²) < 4.78 is 0. The summed E-state index contributed by atoms with van der Waals surface area (Å²) in [5.74, 6) is 0.697. The molecule has 0 aromatic heterocycles. The van der Waals surface area contributed by atoms with Crippen LogP contribution in [0.5, 0.6) is 0 Å². The number of carbonyl (C=O) groups is 1. The van der Waals surface area contributed by atoms with E-state index >= 15 is 0 Å². The fraction of sp³-hybridized carbons (Fsp3) is 0.467. The number of anilines is 1. The Hall–Kier alpha value is -1.42. The second kappa shape index (κ2) is 6.15. The van der Waals surface area contributed by atoms with Crippen LogP contribution < -0.4 is 10.6 Å². The van der Waals surface area contributed by atoms with Crippen molar-refractivity contribution in [2.24, 2.45) is 11.7 Å². The molecular weight excluding hydrogens is 256 g/mol. The highest BCUT2D eigenvalue weighted by Gasteiger charge is 2.22. The van der Waals surface area contributed by atoms with E-state index in [1.807, 2.05) is 24.3 Å². The molecule has 1 saturated carbocycles. The van der Waals surface area contributed by atoms with Gasteiger partial charge < -0.3 is 10.6 Å². The van der Waals surface area contributed by atoms with Crippen LogP contribution >= 0.6 is 12.2 Å². The zero-order valence-corrected chi connectivity index (χ0v) is 12.1. The van der Waals surface area contributed by atoms with E-state index < -0.39 is 0 Å².